The highest BCUT2D eigenvalue weighted by atomic mass is 16.4. The molecular formula is C15H18N2O3. The molecule has 2 rings (SSSR count). The van der Waals surface area contributed by atoms with E-state index in [2.05, 4.69) is 0 Å². The van der Waals surface area contributed by atoms with Crippen molar-refractivity contribution in [2.45, 2.75) is 20.3 Å². The monoisotopic (exact) mass is 274 g/mol. The van der Waals surface area contributed by atoms with Gasteiger partial charge in [0.05, 0.1) is 11.6 Å². The van der Waals surface area contributed by atoms with E-state index in [9.17, 15) is 9.59 Å². The summed E-state index contributed by atoms with van der Waals surface area (Å²) in [6, 6.07) is 7.43. The molecule has 1 unspecified atom stereocenters. The van der Waals surface area contributed by atoms with Gasteiger partial charge in [0.1, 0.15) is 0 Å². The van der Waals surface area contributed by atoms with Crippen LogP contribution in [0, 0.1) is 12.8 Å². The van der Waals surface area contributed by atoms with Crippen molar-refractivity contribution in [1.82, 2.24) is 9.13 Å². The molecule has 0 aliphatic heterocycles. The number of imidazole rings is 1. The van der Waals surface area contributed by atoms with E-state index in [-0.39, 0.29) is 5.69 Å². The van der Waals surface area contributed by atoms with E-state index in [1.54, 1.807) is 24.7 Å². The molecule has 0 saturated carbocycles. The Kier molecular flexibility index (Phi) is 3.79. The maximum Gasteiger partial charge on any atom is 0.332 e. The Labute approximate surface area is 117 Å². The summed E-state index contributed by atoms with van der Waals surface area (Å²) in [6.45, 7) is 3.56. The topological polar surface area (TPSA) is 64.2 Å². The Morgan fingerprint density at radius 3 is 2.35 bits per heavy atom. The molecule has 0 saturated heterocycles. The minimum atomic E-state index is -0.802. The van der Waals surface area contributed by atoms with E-state index >= 15 is 0 Å². The van der Waals surface area contributed by atoms with E-state index < -0.39 is 11.9 Å². The molecule has 0 radical (unpaired) electrons. The molecule has 5 nitrogen and oxygen atoms in total. The zero-order valence-electron chi connectivity index (χ0n) is 11.8. The fourth-order valence-electron chi connectivity index (χ4n) is 2.24. The van der Waals surface area contributed by atoms with Crippen LogP contribution in [0.2, 0.25) is 0 Å². The minimum Gasteiger partial charge on any atom is -0.481 e. The Balaban J connectivity index is 2.29. The van der Waals surface area contributed by atoms with Gasteiger partial charge in [-0.3, -0.25) is 9.36 Å². The lowest BCUT2D eigenvalue weighted by molar-refractivity contribution is -0.141. The first-order valence-corrected chi connectivity index (χ1v) is 6.47. The van der Waals surface area contributed by atoms with Crippen LogP contribution in [0.1, 0.15) is 18.2 Å². The molecule has 1 atom stereocenters. The van der Waals surface area contributed by atoms with E-state index in [1.807, 2.05) is 31.2 Å². The molecule has 1 aromatic carbocycles. The standard InChI is InChI=1S/C15H18N2O3/c1-10(14(18)19)8-12-4-6-13(7-5-12)17-11(2)9-16(3)15(17)20/h4-7,9-10H,8H2,1-3H3,(H,18,19). The summed E-state index contributed by atoms with van der Waals surface area (Å²) in [6.07, 6.45) is 2.26. The fraction of sp³-hybridized carbons (Fsp3) is 0.333. The lowest BCUT2D eigenvalue weighted by Gasteiger charge is -2.08. The lowest BCUT2D eigenvalue weighted by atomic mass is 10.0. The van der Waals surface area contributed by atoms with Gasteiger partial charge in [0, 0.05) is 18.9 Å². The maximum atomic E-state index is 12.0. The summed E-state index contributed by atoms with van der Waals surface area (Å²) in [7, 11) is 1.72. The van der Waals surface area contributed by atoms with Crippen molar-refractivity contribution >= 4 is 5.97 Å². The van der Waals surface area contributed by atoms with Crippen LogP contribution < -0.4 is 5.69 Å². The zero-order chi connectivity index (χ0) is 14.9. The lowest BCUT2D eigenvalue weighted by Crippen LogP contribution is -2.21. The van der Waals surface area contributed by atoms with Crippen molar-refractivity contribution in [2.24, 2.45) is 13.0 Å². The van der Waals surface area contributed by atoms with E-state index in [4.69, 9.17) is 5.11 Å². The van der Waals surface area contributed by atoms with Crippen LogP contribution in [-0.4, -0.2) is 20.2 Å². The van der Waals surface area contributed by atoms with Gasteiger partial charge in [0.2, 0.25) is 0 Å². The predicted octanol–water partition coefficient (Wildman–Crippen LogP) is 1.75. The number of carbonyl (C=O) groups is 1. The van der Waals surface area contributed by atoms with Crippen molar-refractivity contribution in [3.8, 4) is 5.69 Å². The highest BCUT2D eigenvalue weighted by molar-refractivity contribution is 5.69. The maximum absolute atomic E-state index is 12.0. The average molecular weight is 274 g/mol. The molecule has 0 fully saturated rings. The Bertz CT molecular complexity index is 680. The van der Waals surface area contributed by atoms with Gasteiger partial charge >= 0.3 is 11.7 Å². The van der Waals surface area contributed by atoms with Crippen molar-refractivity contribution < 1.29 is 9.90 Å². The van der Waals surface area contributed by atoms with Crippen LogP contribution in [0.15, 0.2) is 35.3 Å². The third kappa shape index (κ3) is 2.66. The van der Waals surface area contributed by atoms with Crippen LogP contribution in [0.3, 0.4) is 0 Å². The van der Waals surface area contributed by atoms with Crippen LogP contribution in [0.4, 0.5) is 0 Å². The number of aromatic nitrogens is 2. The summed E-state index contributed by atoms with van der Waals surface area (Å²) < 4.78 is 3.17. The molecule has 0 aliphatic rings. The normalized spacial score (nSPS) is 12.3. The molecule has 106 valence electrons. The van der Waals surface area contributed by atoms with Gasteiger partial charge in [-0.2, -0.15) is 0 Å². The van der Waals surface area contributed by atoms with Crippen molar-refractivity contribution in [3.63, 3.8) is 0 Å². The number of rotatable bonds is 4. The Hall–Kier alpha value is -2.30. The molecule has 0 bridgehead atoms. The number of aryl methyl sites for hydroxylation is 2. The first-order chi connectivity index (χ1) is 9.40. The number of hydrogen-bond acceptors (Lipinski definition) is 2. The van der Waals surface area contributed by atoms with Crippen molar-refractivity contribution in [1.29, 1.82) is 0 Å². The first-order valence-electron chi connectivity index (χ1n) is 6.47. The Morgan fingerprint density at radius 1 is 1.30 bits per heavy atom. The minimum absolute atomic E-state index is 0.0887. The largest absolute Gasteiger partial charge is 0.481 e. The number of carboxylic acids is 1. The van der Waals surface area contributed by atoms with Crippen LogP contribution in [-0.2, 0) is 18.3 Å². The molecule has 5 heteroatoms. The van der Waals surface area contributed by atoms with Crippen LogP contribution in [0.25, 0.3) is 5.69 Å². The Morgan fingerprint density at radius 2 is 1.90 bits per heavy atom. The fourth-order valence-corrected chi connectivity index (χ4v) is 2.24. The van der Waals surface area contributed by atoms with Crippen molar-refractivity contribution in [2.75, 3.05) is 0 Å². The van der Waals surface area contributed by atoms with Gasteiger partial charge < -0.3 is 9.67 Å². The first kappa shape index (κ1) is 14.1. The van der Waals surface area contributed by atoms with Gasteiger partial charge in [-0.25, -0.2) is 4.79 Å². The van der Waals surface area contributed by atoms with Gasteiger partial charge in [-0.1, -0.05) is 19.1 Å². The third-order valence-corrected chi connectivity index (χ3v) is 3.38. The number of hydrogen-bond donors (Lipinski definition) is 1. The number of benzene rings is 1. The van der Waals surface area contributed by atoms with E-state index in [0.717, 1.165) is 16.9 Å². The van der Waals surface area contributed by atoms with Crippen LogP contribution in [0.5, 0.6) is 0 Å². The molecule has 2 aromatic rings. The second-order valence-corrected chi connectivity index (χ2v) is 5.11. The summed E-state index contributed by atoms with van der Waals surface area (Å²) in [5, 5.41) is 8.90. The third-order valence-electron chi connectivity index (χ3n) is 3.38. The molecule has 1 N–H and O–H groups in total. The van der Waals surface area contributed by atoms with Gasteiger partial charge in [-0.15, -0.1) is 0 Å². The quantitative estimate of drug-likeness (QED) is 0.923. The van der Waals surface area contributed by atoms with E-state index in [1.165, 1.54) is 4.57 Å². The number of aliphatic carboxylic acids is 1. The summed E-state index contributed by atoms with van der Waals surface area (Å²) in [5.41, 5.74) is 2.52. The summed E-state index contributed by atoms with van der Waals surface area (Å²) in [5.74, 6) is -1.22. The van der Waals surface area contributed by atoms with Crippen molar-refractivity contribution in [3.05, 3.63) is 52.2 Å². The summed E-state index contributed by atoms with van der Waals surface area (Å²) >= 11 is 0. The molecular weight excluding hydrogens is 256 g/mol. The molecule has 20 heavy (non-hydrogen) atoms. The van der Waals surface area contributed by atoms with Crippen LogP contribution >= 0.6 is 0 Å². The molecule has 0 aliphatic carbocycles. The SMILES string of the molecule is Cc1cn(C)c(=O)n1-c1ccc(CC(C)C(=O)O)cc1. The molecule has 1 heterocycles. The van der Waals surface area contributed by atoms with Gasteiger partial charge in [0.15, 0.2) is 0 Å². The predicted molar refractivity (Wildman–Crippen MR) is 76.3 cm³/mol. The smallest absolute Gasteiger partial charge is 0.332 e. The highest BCUT2D eigenvalue weighted by Crippen LogP contribution is 2.13. The summed E-state index contributed by atoms with van der Waals surface area (Å²) in [4.78, 5) is 22.8. The zero-order valence-corrected chi connectivity index (χ0v) is 11.8. The number of carboxylic acid groups (broad SMARTS) is 1. The van der Waals surface area contributed by atoms with Gasteiger partial charge in [0.25, 0.3) is 0 Å². The molecule has 0 amide bonds. The molecule has 0 spiro atoms. The highest BCUT2D eigenvalue weighted by Gasteiger charge is 2.12. The van der Waals surface area contributed by atoms with Gasteiger partial charge in [-0.05, 0) is 31.0 Å². The van der Waals surface area contributed by atoms with E-state index in [0.29, 0.717) is 6.42 Å². The molecule has 1 aromatic heterocycles. The second kappa shape index (κ2) is 5.36. The second-order valence-electron chi connectivity index (χ2n) is 5.11. The average Bonchev–Trinajstić information content (AvgIpc) is 2.64. The number of nitrogens with zero attached hydrogens (tertiary/aromatic N) is 2.